The molecule has 0 saturated carbocycles. The van der Waals surface area contributed by atoms with Crippen molar-refractivity contribution in [2.45, 2.75) is 0 Å². The van der Waals surface area contributed by atoms with Gasteiger partial charge in [-0.15, -0.1) is 11.6 Å². The Labute approximate surface area is 66.0 Å². The van der Waals surface area contributed by atoms with E-state index >= 15 is 0 Å². The Bertz CT molecular complexity index is 152. The molecule has 0 aliphatic heterocycles. The molecule has 0 radical (unpaired) electrons. The minimum absolute atomic E-state index is 0.306. The second-order valence-electron chi connectivity index (χ2n) is 1.14. The molecule has 7 heteroatoms. The standard InChI is InChI=1S/C2H3ClO2.C2H2O4/c3-1-2(4)5;3-1(4)2(5)6/h1H2,(H,4,5);(H,3,4)(H,5,6). The zero-order chi connectivity index (χ0) is 9.44. The lowest BCUT2D eigenvalue weighted by Crippen LogP contribution is -2.09. The van der Waals surface area contributed by atoms with E-state index in [-0.39, 0.29) is 5.88 Å². The molecule has 64 valence electrons. The maximum Gasteiger partial charge on any atom is 0.414 e. The third-order valence-corrected chi connectivity index (χ3v) is 0.526. The quantitative estimate of drug-likeness (QED) is 0.373. The third-order valence-electron chi connectivity index (χ3n) is 0.297. The Hall–Kier alpha value is -1.30. The number of aliphatic carboxylic acids is 3. The first-order valence-corrected chi connectivity index (χ1v) is 2.69. The molecule has 0 saturated heterocycles. The summed E-state index contributed by atoms with van der Waals surface area (Å²) in [5.41, 5.74) is 0. The summed E-state index contributed by atoms with van der Waals surface area (Å²) in [5.74, 6) is -4.93. The fourth-order valence-corrected chi connectivity index (χ4v) is 0. The zero-order valence-electron chi connectivity index (χ0n) is 5.15. The molecule has 0 amide bonds. The molecule has 0 aromatic heterocycles. The summed E-state index contributed by atoms with van der Waals surface area (Å²) < 4.78 is 0. The van der Waals surface area contributed by atoms with E-state index in [0.717, 1.165) is 0 Å². The van der Waals surface area contributed by atoms with Crippen molar-refractivity contribution in [1.29, 1.82) is 0 Å². The van der Waals surface area contributed by atoms with Crippen LogP contribution in [0.15, 0.2) is 0 Å². The zero-order valence-corrected chi connectivity index (χ0v) is 5.91. The van der Waals surface area contributed by atoms with E-state index in [0.29, 0.717) is 0 Å². The average molecular weight is 185 g/mol. The van der Waals surface area contributed by atoms with Crippen LogP contribution < -0.4 is 0 Å². The average Bonchev–Trinajstić information content (AvgIpc) is 1.89. The largest absolute Gasteiger partial charge is 0.480 e. The SMILES string of the molecule is O=C(O)C(=O)O.O=C(O)CCl. The van der Waals surface area contributed by atoms with Gasteiger partial charge in [-0.1, -0.05) is 0 Å². The Balaban J connectivity index is 0. The van der Waals surface area contributed by atoms with Crippen molar-refractivity contribution in [3.05, 3.63) is 0 Å². The van der Waals surface area contributed by atoms with Gasteiger partial charge in [-0.05, 0) is 0 Å². The van der Waals surface area contributed by atoms with E-state index in [1.807, 2.05) is 0 Å². The van der Waals surface area contributed by atoms with E-state index in [2.05, 4.69) is 0 Å². The highest BCUT2D eigenvalue weighted by atomic mass is 35.5. The molecule has 0 aromatic rings. The Morgan fingerprint density at radius 3 is 1.18 bits per heavy atom. The van der Waals surface area contributed by atoms with Crippen molar-refractivity contribution in [3.63, 3.8) is 0 Å². The number of halogens is 1. The van der Waals surface area contributed by atoms with Gasteiger partial charge in [0, 0.05) is 0 Å². The van der Waals surface area contributed by atoms with Crippen molar-refractivity contribution in [2.24, 2.45) is 0 Å². The van der Waals surface area contributed by atoms with Crippen LogP contribution in [0.25, 0.3) is 0 Å². The number of carbonyl (C=O) groups is 3. The molecular formula is C4H5ClO6. The lowest BCUT2D eigenvalue weighted by Gasteiger charge is -1.72. The number of hydrogen-bond donors (Lipinski definition) is 3. The van der Waals surface area contributed by atoms with Crippen LogP contribution >= 0.6 is 11.6 Å². The van der Waals surface area contributed by atoms with E-state index in [4.69, 9.17) is 36.5 Å². The van der Waals surface area contributed by atoms with E-state index < -0.39 is 17.9 Å². The number of rotatable bonds is 1. The molecule has 0 heterocycles. The van der Waals surface area contributed by atoms with Gasteiger partial charge in [0.2, 0.25) is 0 Å². The molecule has 0 rings (SSSR count). The molecule has 0 spiro atoms. The van der Waals surface area contributed by atoms with Gasteiger partial charge in [0.1, 0.15) is 5.88 Å². The first-order chi connectivity index (χ1) is 4.91. The molecule has 0 aliphatic rings. The first kappa shape index (κ1) is 12.4. The van der Waals surface area contributed by atoms with Crippen LogP contribution in [0.2, 0.25) is 0 Å². The molecule has 3 N–H and O–H groups in total. The van der Waals surface area contributed by atoms with Gasteiger partial charge in [0.05, 0.1) is 0 Å². The Morgan fingerprint density at radius 1 is 1.00 bits per heavy atom. The summed E-state index contributed by atoms with van der Waals surface area (Å²) in [6.07, 6.45) is 0. The Kier molecular flexibility index (Phi) is 7.67. The molecule has 0 atom stereocenters. The topological polar surface area (TPSA) is 112 Å². The minimum Gasteiger partial charge on any atom is -0.480 e. The summed E-state index contributed by atoms with van der Waals surface area (Å²) in [5, 5.41) is 22.4. The fourth-order valence-electron chi connectivity index (χ4n) is 0. The van der Waals surface area contributed by atoms with Crippen LogP contribution in [0.3, 0.4) is 0 Å². The highest BCUT2D eigenvalue weighted by Crippen LogP contribution is 1.67. The lowest BCUT2D eigenvalue weighted by atomic mass is 10.7. The molecule has 0 fully saturated rings. The van der Waals surface area contributed by atoms with E-state index in [1.165, 1.54) is 0 Å². The molecule has 0 bridgehead atoms. The number of carboxylic acid groups (broad SMARTS) is 3. The monoisotopic (exact) mass is 184 g/mol. The van der Waals surface area contributed by atoms with Gasteiger partial charge >= 0.3 is 17.9 Å². The highest BCUT2D eigenvalue weighted by Gasteiger charge is 2.04. The van der Waals surface area contributed by atoms with Gasteiger partial charge in [0.15, 0.2) is 0 Å². The van der Waals surface area contributed by atoms with Gasteiger partial charge < -0.3 is 15.3 Å². The van der Waals surface area contributed by atoms with Crippen LogP contribution in [-0.2, 0) is 14.4 Å². The number of carboxylic acids is 3. The van der Waals surface area contributed by atoms with Crippen molar-refractivity contribution in [1.82, 2.24) is 0 Å². The maximum atomic E-state index is 9.24. The lowest BCUT2D eigenvalue weighted by molar-refractivity contribution is -0.159. The van der Waals surface area contributed by atoms with Crippen molar-refractivity contribution < 1.29 is 29.7 Å². The van der Waals surface area contributed by atoms with Gasteiger partial charge in [-0.25, -0.2) is 9.59 Å². The van der Waals surface area contributed by atoms with Gasteiger partial charge in [-0.3, -0.25) is 4.79 Å². The summed E-state index contributed by atoms with van der Waals surface area (Å²) in [4.78, 5) is 27.4. The molecule has 0 aromatic carbocycles. The summed E-state index contributed by atoms with van der Waals surface area (Å²) in [6.45, 7) is 0. The normalized spacial score (nSPS) is 7.36. The molecule has 6 nitrogen and oxygen atoms in total. The fraction of sp³-hybridized carbons (Fsp3) is 0.250. The number of alkyl halides is 1. The first-order valence-electron chi connectivity index (χ1n) is 2.15. The van der Waals surface area contributed by atoms with Crippen LogP contribution in [-0.4, -0.2) is 39.1 Å². The van der Waals surface area contributed by atoms with Crippen LogP contribution in [0.4, 0.5) is 0 Å². The summed E-state index contributed by atoms with van der Waals surface area (Å²) in [7, 11) is 0. The van der Waals surface area contributed by atoms with Crippen LogP contribution in [0.1, 0.15) is 0 Å². The van der Waals surface area contributed by atoms with E-state index in [1.54, 1.807) is 0 Å². The summed E-state index contributed by atoms with van der Waals surface area (Å²) >= 11 is 4.74. The highest BCUT2D eigenvalue weighted by molar-refractivity contribution is 6.27. The minimum atomic E-state index is -1.82. The molecular weight excluding hydrogens is 179 g/mol. The number of hydrogen-bond acceptors (Lipinski definition) is 3. The maximum absolute atomic E-state index is 9.24. The third kappa shape index (κ3) is 17.7. The van der Waals surface area contributed by atoms with Crippen molar-refractivity contribution in [2.75, 3.05) is 5.88 Å². The smallest absolute Gasteiger partial charge is 0.414 e. The van der Waals surface area contributed by atoms with Crippen molar-refractivity contribution >= 4 is 29.5 Å². The molecule has 0 unspecified atom stereocenters. The van der Waals surface area contributed by atoms with Crippen LogP contribution in [0.5, 0.6) is 0 Å². The predicted molar refractivity (Wildman–Crippen MR) is 33.6 cm³/mol. The summed E-state index contributed by atoms with van der Waals surface area (Å²) in [6, 6.07) is 0. The molecule has 11 heavy (non-hydrogen) atoms. The second-order valence-corrected chi connectivity index (χ2v) is 1.40. The second kappa shape index (κ2) is 6.81. The van der Waals surface area contributed by atoms with Gasteiger partial charge in [-0.2, -0.15) is 0 Å². The van der Waals surface area contributed by atoms with E-state index in [9.17, 15) is 4.79 Å². The van der Waals surface area contributed by atoms with Crippen molar-refractivity contribution in [3.8, 4) is 0 Å². The molecule has 0 aliphatic carbocycles. The van der Waals surface area contributed by atoms with Gasteiger partial charge in [0.25, 0.3) is 0 Å². The van der Waals surface area contributed by atoms with Crippen LogP contribution in [0, 0.1) is 0 Å². The Morgan fingerprint density at radius 2 is 1.18 bits per heavy atom. The predicted octanol–water partition coefficient (Wildman–Crippen LogP) is -0.535.